The second-order valence-electron chi connectivity index (χ2n) is 4.89. The van der Waals surface area contributed by atoms with E-state index in [4.69, 9.17) is 5.11 Å². The summed E-state index contributed by atoms with van der Waals surface area (Å²) in [6.07, 6.45) is 0.0876. The third-order valence-electron chi connectivity index (χ3n) is 3.65. The maximum Gasteiger partial charge on any atom is 0.309 e. The first-order valence-corrected chi connectivity index (χ1v) is 6.04. The lowest BCUT2D eigenvalue weighted by Crippen LogP contribution is -2.35. The van der Waals surface area contributed by atoms with Crippen molar-refractivity contribution in [2.45, 2.75) is 33.2 Å². The van der Waals surface area contributed by atoms with Crippen LogP contribution in [0.4, 0.5) is 5.69 Å². The lowest BCUT2D eigenvalue weighted by molar-refractivity contribution is -0.142. The molecule has 0 aromatic heterocycles. The van der Waals surface area contributed by atoms with Crippen LogP contribution in [0.2, 0.25) is 0 Å². The first-order chi connectivity index (χ1) is 8.43. The number of hydrogen-bond acceptors (Lipinski definition) is 2. The van der Waals surface area contributed by atoms with Gasteiger partial charge in [0.05, 0.1) is 5.92 Å². The molecule has 2 unspecified atom stereocenters. The molecule has 0 spiro atoms. The number of carboxylic acid groups (broad SMARTS) is 1. The van der Waals surface area contributed by atoms with Gasteiger partial charge in [0.15, 0.2) is 0 Å². The van der Waals surface area contributed by atoms with Crippen molar-refractivity contribution in [3.8, 4) is 0 Å². The molecular formula is C14H17NO3. The highest BCUT2D eigenvalue weighted by Gasteiger charge is 2.42. The summed E-state index contributed by atoms with van der Waals surface area (Å²) in [5.41, 5.74) is 2.86. The molecule has 1 N–H and O–H groups in total. The number of carbonyl (C=O) groups is 2. The summed E-state index contributed by atoms with van der Waals surface area (Å²) in [6.45, 7) is 5.68. The van der Waals surface area contributed by atoms with Gasteiger partial charge in [-0.3, -0.25) is 9.59 Å². The molecule has 18 heavy (non-hydrogen) atoms. The highest BCUT2D eigenvalue weighted by molar-refractivity contribution is 6.01. The van der Waals surface area contributed by atoms with Gasteiger partial charge in [-0.15, -0.1) is 0 Å². The molecule has 4 nitrogen and oxygen atoms in total. The van der Waals surface area contributed by atoms with Gasteiger partial charge in [0.1, 0.15) is 0 Å². The maximum absolute atomic E-state index is 12.1. The summed E-state index contributed by atoms with van der Waals surface area (Å²) >= 11 is 0. The van der Waals surface area contributed by atoms with E-state index in [1.165, 1.54) is 0 Å². The van der Waals surface area contributed by atoms with E-state index in [1.54, 1.807) is 11.8 Å². The zero-order valence-electron chi connectivity index (χ0n) is 10.8. The molecule has 1 aliphatic heterocycles. The molecule has 0 saturated carbocycles. The molecule has 2 rings (SSSR count). The summed E-state index contributed by atoms with van der Waals surface area (Å²) in [6, 6.07) is 5.52. The van der Waals surface area contributed by atoms with E-state index in [0.29, 0.717) is 0 Å². The number of nitrogens with zero attached hydrogens (tertiary/aromatic N) is 1. The zero-order valence-corrected chi connectivity index (χ0v) is 10.8. The summed E-state index contributed by atoms with van der Waals surface area (Å²) in [5, 5.41) is 9.13. The van der Waals surface area contributed by atoms with Gasteiger partial charge < -0.3 is 10.0 Å². The number of aryl methyl sites for hydroxylation is 2. The largest absolute Gasteiger partial charge is 0.481 e. The third kappa shape index (κ3) is 1.88. The summed E-state index contributed by atoms with van der Waals surface area (Å²) in [4.78, 5) is 24.8. The Morgan fingerprint density at radius 2 is 1.89 bits per heavy atom. The number of carbonyl (C=O) groups excluding carboxylic acids is 1. The topological polar surface area (TPSA) is 57.6 Å². The highest BCUT2D eigenvalue weighted by atomic mass is 16.4. The van der Waals surface area contributed by atoms with Gasteiger partial charge in [-0.05, 0) is 31.9 Å². The Bertz CT molecular complexity index is 490. The Kier molecular flexibility index (Phi) is 3.11. The molecule has 1 fully saturated rings. The maximum atomic E-state index is 12.1. The Morgan fingerprint density at radius 3 is 2.33 bits per heavy atom. The van der Waals surface area contributed by atoms with Crippen molar-refractivity contribution >= 4 is 17.6 Å². The summed E-state index contributed by atoms with van der Waals surface area (Å²) in [7, 11) is 0. The van der Waals surface area contributed by atoms with Crippen LogP contribution in [-0.2, 0) is 9.59 Å². The van der Waals surface area contributed by atoms with Gasteiger partial charge in [0.25, 0.3) is 0 Å². The quantitative estimate of drug-likeness (QED) is 0.871. The minimum absolute atomic E-state index is 0.0876. The fraction of sp³-hybridized carbons (Fsp3) is 0.429. The number of rotatable bonds is 2. The molecule has 1 aromatic rings. The zero-order chi connectivity index (χ0) is 13.4. The average Bonchev–Trinajstić information content (AvgIpc) is 2.56. The van der Waals surface area contributed by atoms with Crippen molar-refractivity contribution in [1.82, 2.24) is 0 Å². The highest BCUT2D eigenvalue weighted by Crippen LogP contribution is 2.34. The molecule has 0 bridgehead atoms. The van der Waals surface area contributed by atoms with Gasteiger partial charge in [0.2, 0.25) is 5.91 Å². The van der Waals surface area contributed by atoms with E-state index in [0.717, 1.165) is 16.8 Å². The Labute approximate surface area is 106 Å². The van der Waals surface area contributed by atoms with E-state index >= 15 is 0 Å². The standard InChI is InChI=1S/C14H17NO3/c1-8-5-4-6-9(2)13(8)15-10(3)11(14(17)18)7-12(15)16/h4-6,10-11H,7H2,1-3H3,(H,17,18). The lowest BCUT2D eigenvalue weighted by atomic mass is 10.0. The molecule has 0 aliphatic carbocycles. The minimum atomic E-state index is -0.899. The Balaban J connectivity index is 2.45. The average molecular weight is 247 g/mol. The van der Waals surface area contributed by atoms with Crippen LogP contribution in [0.15, 0.2) is 18.2 Å². The molecular weight excluding hydrogens is 230 g/mol. The molecule has 1 saturated heterocycles. The minimum Gasteiger partial charge on any atom is -0.481 e. The second kappa shape index (κ2) is 4.44. The SMILES string of the molecule is Cc1cccc(C)c1N1C(=O)CC(C(=O)O)C1C. The molecule has 2 atom stereocenters. The second-order valence-corrected chi connectivity index (χ2v) is 4.89. The number of anilines is 1. The van der Waals surface area contributed by atoms with Crippen LogP contribution < -0.4 is 4.90 Å². The molecule has 0 radical (unpaired) electrons. The van der Waals surface area contributed by atoms with E-state index in [1.807, 2.05) is 32.0 Å². The van der Waals surface area contributed by atoms with Crippen molar-refractivity contribution in [3.05, 3.63) is 29.3 Å². The summed E-state index contributed by atoms with van der Waals surface area (Å²) < 4.78 is 0. The Morgan fingerprint density at radius 1 is 1.33 bits per heavy atom. The predicted molar refractivity (Wildman–Crippen MR) is 68.6 cm³/mol. The lowest BCUT2D eigenvalue weighted by Gasteiger charge is -2.26. The molecule has 4 heteroatoms. The first-order valence-electron chi connectivity index (χ1n) is 6.04. The van der Waals surface area contributed by atoms with Gasteiger partial charge in [-0.25, -0.2) is 0 Å². The van der Waals surface area contributed by atoms with E-state index < -0.39 is 11.9 Å². The van der Waals surface area contributed by atoms with E-state index in [-0.39, 0.29) is 18.4 Å². The molecule has 96 valence electrons. The van der Waals surface area contributed by atoms with Crippen LogP contribution >= 0.6 is 0 Å². The van der Waals surface area contributed by atoms with Crippen molar-refractivity contribution in [2.24, 2.45) is 5.92 Å². The number of hydrogen-bond donors (Lipinski definition) is 1. The first kappa shape index (κ1) is 12.6. The third-order valence-corrected chi connectivity index (χ3v) is 3.65. The van der Waals surface area contributed by atoms with Crippen molar-refractivity contribution in [2.75, 3.05) is 4.90 Å². The number of amides is 1. The van der Waals surface area contributed by atoms with Gasteiger partial charge in [0, 0.05) is 18.2 Å². The molecule has 1 amide bonds. The van der Waals surface area contributed by atoms with Gasteiger partial charge >= 0.3 is 5.97 Å². The predicted octanol–water partition coefficient (Wildman–Crippen LogP) is 2.13. The number of para-hydroxylation sites is 1. The van der Waals surface area contributed by atoms with Gasteiger partial charge in [-0.1, -0.05) is 18.2 Å². The van der Waals surface area contributed by atoms with Crippen molar-refractivity contribution in [1.29, 1.82) is 0 Å². The van der Waals surface area contributed by atoms with Crippen LogP contribution in [0.3, 0.4) is 0 Å². The van der Waals surface area contributed by atoms with E-state index in [9.17, 15) is 9.59 Å². The molecule has 1 aromatic carbocycles. The fourth-order valence-corrected chi connectivity index (χ4v) is 2.67. The van der Waals surface area contributed by atoms with Crippen LogP contribution in [0.5, 0.6) is 0 Å². The fourth-order valence-electron chi connectivity index (χ4n) is 2.67. The van der Waals surface area contributed by atoms with Crippen LogP contribution in [0.25, 0.3) is 0 Å². The monoisotopic (exact) mass is 247 g/mol. The van der Waals surface area contributed by atoms with Crippen LogP contribution in [-0.4, -0.2) is 23.0 Å². The molecule has 1 heterocycles. The van der Waals surface area contributed by atoms with Crippen LogP contribution in [0, 0.1) is 19.8 Å². The van der Waals surface area contributed by atoms with Gasteiger partial charge in [-0.2, -0.15) is 0 Å². The summed E-state index contributed by atoms with van der Waals surface area (Å²) in [5.74, 6) is -1.62. The molecule has 1 aliphatic rings. The Hall–Kier alpha value is -1.84. The van der Waals surface area contributed by atoms with E-state index in [2.05, 4.69) is 0 Å². The number of carboxylic acids is 1. The number of benzene rings is 1. The van der Waals surface area contributed by atoms with Crippen molar-refractivity contribution < 1.29 is 14.7 Å². The van der Waals surface area contributed by atoms with Crippen LogP contribution in [0.1, 0.15) is 24.5 Å². The smallest absolute Gasteiger partial charge is 0.309 e. The number of aliphatic carboxylic acids is 1. The normalized spacial score (nSPS) is 23.5. The van der Waals surface area contributed by atoms with Crippen molar-refractivity contribution in [3.63, 3.8) is 0 Å².